The summed E-state index contributed by atoms with van der Waals surface area (Å²) in [6.07, 6.45) is 4.32. The molecule has 2 aliphatic heterocycles. The number of hydrogen-bond acceptors (Lipinski definition) is 4. The Morgan fingerprint density at radius 2 is 2.08 bits per heavy atom. The molecule has 2 aromatic rings. The van der Waals surface area contributed by atoms with Gasteiger partial charge in [-0.1, -0.05) is 0 Å². The highest BCUT2D eigenvalue weighted by Gasteiger charge is 2.39. The van der Waals surface area contributed by atoms with Crippen molar-refractivity contribution in [3.05, 3.63) is 39.9 Å². The number of anilines is 1. The summed E-state index contributed by atoms with van der Waals surface area (Å²) in [7, 11) is 0. The number of benzene rings is 1. The molecule has 2 atom stereocenters. The molecule has 2 saturated heterocycles. The fourth-order valence-electron chi connectivity index (χ4n) is 4.24. The van der Waals surface area contributed by atoms with Crippen molar-refractivity contribution in [1.29, 1.82) is 0 Å². The summed E-state index contributed by atoms with van der Waals surface area (Å²) in [5, 5.41) is 12.8. The van der Waals surface area contributed by atoms with Crippen LogP contribution in [0.4, 0.5) is 10.1 Å². The Bertz CT molecular complexity index is 966. The van der Waals surface area contributed by atoms with E-state index in [-0.39, 0.29) is 23.0 Å². The molecule has 1 saturated carbocycles. The molecule has 5 rings (SSSR count). The Hall–Kier alpha value is -2.41. The number of piperazine rings is 1. The lowest BCUT2D eigenvalue weighted by molar-refractivity contribution is 0.0695. The van der Waals surface area contributed by atoms with Crippen LogP contribution < -0.4 is 15.6 Å². The van der Waals surface area contributed by atoms with E-state index in [0.717, 1.165) is 32.4 Å². The van der Waals surface area contributed by atoms with Crippen LogP contribution in [-0.4, -0.2) is 40.8 Å². The van der Waals surface area contributed by atoms with Gasteiger partial charge >= 0.3 is 5.97 Å². The monoisotopic (exact) mass is 343 g/mol. The number of aromatic carboxylic acids is 1. The average molecular weight is 343 g/mol. The Morgan fingerprint density at radius 3 is 2.68 bits per heavy atom. The van der Waals surface area contributed by atoms with E-state index in [1.54, 1.807) is 6.07 Å². The number of carboxylic acid groups (broad SMARTS) is 1. The quantitative estimate of drug-likeness (QED) is 0.888. The number of carboxylic acids is 1. The van der Waals surface area contributed by atoms with Gasteiger partial charge in [-0.2, -0.15) is 0 Å². The Kier molecular flexibility index (Phi) is 3.01. The molecule has 0 spiro atoms. The van der Waals surface area contributed by atoms with E-state index in [2.05, 4.69) is 10.2 Å². The minimum atomic E-state index is -1.27. The summed E-state index contributed by atoms with van der Waals surface area (Å²) in [5.74, 6) is -1.73. The van der Waals surface area contributed by atoms with Gasteiger partial charge in [-0.15, -0.1) is 0 Å². The number of carbonyl (C=O) groups is 1. The molecule has 0 radical (unpaired) electrons. The van der Waals surface area contributed by atoms with E-state index >= 15 is 0 Å². The largest absolute Gasteiger partial charge is 0.477 e. The molecular weight excluding hydrogens is 325 g/mol. The first kappa shape index (κ1) is 14.9. The Morgan fingerprint density at radius 1 is 1.28 bits per heavy atom. The second-order valence-electron chi connectivity index (χ2n) is 7.28. The molecule has 6 nitrogen and oxygen atoms in total. The van der Waals surface area contributed by atoms with Crippen LogP contribution in [0.15, 0.2) is 23.1 Å². The standard InChI is InChI=1S/C18H18FN3O3/c19-14-4-12-15(5-16(14)21-7-9-3-11(21)6-20-9)22(10-1-2-10)8-13(17(12)23)18(24)25/h4-5,8-11,20H,1-3,6-7H2,(H,24,25)/t9-,11?/m0/s1. The molecule has 3 aliphatic rings. The molecule has 1 unspecified atom stereocenters. The summed E-state index contributed by atoms with van der Waals surface area (Å²) in [5.41, 5.74) is 0.230. The van der Waals surface area contributed by atoms with Gasteiger partial charge in [-0.25, -0.2) is 9.18 Å². The molecular formula is C18H18FN3O3. The molecule has 3 fully saturated rings. The van der Waals surface area contributed by atoms with E-state index in [0.29, 0.717) is 17.2 Å². The molecule has 1 aromatic heterocycles. The highest BCUT2D eigenvalue weighted by molar-refractivity contribution is 5.93. The van der Waals surface area contributed by atoms with Crippen LogP contribution in [0.2, 0.25) is 0 Å². The van der Waals surface area contributed by atoms with E-state index in [1.807, 2.05) is 4.57 Å². The van der Waals surface area contributed by atoms with Crippen molar-refractivity contribution in [2.24, 2.45) is 0 Å². The molecule has 1 aliphatic carbocycles. The van der Waals surface area contributed by atoms with Gasteiger partial charge in [-0.3, -0.25) is 4.79 Å². The molecule has 7 heteroatoms. The maximum atomic E-state index is 14.8. The van der Waals surface area contributed by atoms with Gasteiger partial charge < -0.3 is 19.9 Å². The first-order valence-electron chi connectivity index (χ1n) is 8.64. The third-order valence-electron chi connectivity index (χ3n) is 5.64. The number of nitrogens with one attached hydrogen (secondary N) is 1. The van der Waals surface area contributed by atoms with Crippen LogP contribution in [0.5, 0.6) is 0 Å². The van der Waals surface area contributed by atoms with Crippen LogP contribution in [0.1, 0.15) is 35.7 Å². The topological polar surface area (TPSA) is 74.6 Å². The van der Waals surface area contributed by atoms with E-state index in [1.165, 1.54) is 12.3 Å². The van der Waals surface area contributed by atoms with Gasteiger partial charge in [0.1, 0.15) is 11.4 Å². The molecule has 1 aromatic carbocycles. The van der Waals surface area contributed by atoms with Gasteiger partial charge in [0.05, 0.1) is 11.2 Å². The predicted octanol–water partition coefficient (Wildman–Crippen LogP) is 1.72. The van der Waals surface area contributed by atoms with Crippen molar-refractivity contribution >= 4 is 22.6 Å². The number of nitrogens with zero attached hydrogens (tertiary/aromatic N) is 2. The third kappa shape index (κ3) is 2.18. The highest BCUT2D eigenvalue weighted by atomic mass is 19.1. The van der Waals surface area contributed by atoms with Gasteiger partial charge in [0.2, 0.25) is 5.43 Å². The van der Waals surface area contributed by atoms with E-state index in [4.69, 9.17) is 0 Å². The van der Waals surface area contributed by atoms with Crippen LogP contribution in [-0.2, 0) is 0 Å². The maximum Gasteiger partial charge on any atom is 0.341 e. The third-order valence-corrected chi connectivity index (χ3v) is 5.64. The zero-order valence-electron chi connectivity index (χ0n) is 13.5. The molecule has 130 valence electrons. The van der Waals surface area contributed by atoms with E-state index in [9.17, 15) is 19.1 Å². The van der Waals surface area contributed by atoms with Crippen molar-refractivity contribution in [3.8, 4) is 0 Å². The second-order valence-corrected chi connectivity index (χ2v) is 7.28. The number of fused-ring (bicyclic) bond motifs is 3. The molecule has 0 amide bonds. The lowest BCUT2D eigenvalue weighted by atomic mass is 10.1. The summed E-state index contributed by atoms with van der Waals surface area (Å²) < 4.78 is 16.6. The minimum absolute atomic E-state index is 0.149. The summed E-state index contributed by atoms with van der Waals surface area (Å²) in [4.78, 5) is 26.0. The number of pyridine rings is 1. The lowest BCUT2D eigenvalue weighted by Crippen LogP contribution is -2.44. The first-order valence-corrected chi connectivity index (χ1v) is 8.64. The smallest absolute Gasteiger partial charge is 0.341 e. The highest BCUT2D eigenvalue weighted by Crippen LogP contribution is 2.39. The minimum Gasteiger partial charge on any atom is -0.477 e. The fourth-order valence-corrected chi connectivity index (χ4v) is 4.24. The van der Waals surface area contributed by atoms with E-state index < -0.39 is 17.2 Å². The van der Waals surface area contributed by atoms with Crippen LogP contribution >= 0.6 is 0 Å². The summed E-state index contributed by atoms with van der Waals surface area (Å²) >= 11 is 0. The summed E-state index contributed by atoms with van der Waals surface area (Å²) in [6.45, 7) is 1.60. The fraction of sp³-hybridized carbons (Fsp3) is 0.444. The number of halogens is 1. The van der Waals surface area contributed by atoms with Crippen LogP contribution in [0, 0.1) is 5.82 Å². The number of rotatable bonds is 3. The molecule has 2 N–H and O–H groups in total. The van der Waals surface area contributed by atoms with Gasteiger partial charge in [0, 0.05) is 42.8 Å². The Balaban J connectivity index is 1.73. The van der Waals surface area contributed by atoms with Crippen molar-refractivity contribution in [2.75, 3.05) is 18.0 Å². The zero-order chi connectivity index (χ0) is 17.3. The SMILES string of the molecule is O=C(O)c1cn(C2CC2)c2cc(N3C[C@@H]4CC3CN4)c(F)cc2c1=O. The number of hydrogen-bond donors (Lipinski definition) is 2. The van der Waals surface area contributed by atoms with Crippen molar-refractivity contribution in [3.63, 3.8) is 0 Å². The number of aromatic nitrogens is 1. The molecule has 3 heterocycles. The van der Waals surface area contributed by atoms with Crippen LogP contribution in [0.25, 0.3) is 10.9 Å². The van der Waals surface area contributed by atoms with Crippen molar-refractivity contribution in [1.82, 2.24) is 9.88 Å². The van der Waals surface area contributed by atoms with Crippen molar-refractivity contribution < 1.29 is 14.3 Å². The maximum absolute atomic E-state index is 14.8. The first-order chi connectivity index (χ1) is 12.0. The normalized spacial score (nSPS) is 25.1. The molecule has 25 heavy (non-hydrogen) atoms. The average Bonchev–Trinajstić information content (AvgIpc) is 3.21. The van der Waals surface area contributed by atoms with Gasteiger partial charge in [0.25, 0.3) is 0 Å². The second kappa shape index (κ2) is 5.05. The lowest BCUT2D eigenvalue weighted by Gasteiger charge is -2.30. The zero-order valence-corrected chi connectivity index (χ0v) is 13.5. The van der Waals surface area contributed by atoms with Crippen LogP contribution in [0.3, 0.4) is 0 Å². The predicted molar refractivity (Wildman–Crippen MR) is 90.9 cm³/mol. The van der Waals surface area contributed by atoms with Gasteiger partial charge in [-0.05, 0) is 31.4 Å². The van der Waals surface area contributed by atoms with Gasteiger partial charge in [0.15, 0.2) is 0 Å². The Labute approximate surface area is 142 Å². The molecule has 2 bridgehead atoms. The van der Waals surface area contributed by atoms with Crippen molar-refractivity contribution in [2.45, 2.75) is 37.4 Å². The summed E-state index contributed by atoms with van der Waals surface area (Å²) in [6, 6.07) is 3.81.